The SMILES string of the molecule is C=CCOc1ccccc1C(=O)NNC(=O)c1ccc(C(=O)OC)cc1. The highest BCUT2D eigenvalue weighted by atomic mass is 16.5. The van der Waals surface area contributed by atoms with Gasteiger partial charge in [-0.15, -0.1) is 0 Å². The van der Waals surface area contributed by atoms with Crippen molar-refractivity contribution in [2.45, 2.75) is 0 Å². The summed E-state index contributed by atoms with van der Waals surface area (Å²) in [6.07, 6.45) is 1.56. The molecule has 2 N–H and O–H groups in total. The summed E-state index contributed by atoms with van der Waals surface area (Å²) in [5.41, 5.74) is 5.51. The summed E-state index contributed by atoms with van der Waals surface area (Å²) in [6.45, 7) is 3.81. The molecule has 0 aromatic heterocycles. The Bertz CT molecular complexity index is 815. The molecule has 0 aliphatic heterocycles. The summed E-state index contributed by atoms with van der Waals surface area (Å²) in [5, 5.41) is 0. The standard InChI is InChI=1S/C19H18N2O5/c1-3-12-26-16-7-5-4-6-15(16)18(23)21-20-17(22)13-8-10-14(11-9-13)19(24)25-2/h3-11H,1,12H2,2H3,(H,20,22)(H,21,23). The Balaban J connectivity index is 2.00. The van der Waals surface area contributed by atoms with Crippen molar-refractivity contribution in [3.63, 3.8) is 0 Å². The van der Waals surface area contributed by atoms with Gasteiger partial charge in [-0.25, -0.2) is 4.79 Å². The molecule has 0 aliphatic carbocycles. The zero-order valence-corrected chi connectivity index (χ0v) is 14.2. The minimum atomic E-state index is -0.528. The van der Waals surface area contributed by atoms with Crippen molar-refractivity contribution in [3.8, 4) is 5.75 Å². The molecule has 0 radical (unpaired) electrons. The first-order valence-electron chi connectivity index (χ1n) is 7.68. The van der Waals surface area contributed by atoms with Gasteiger partial charge in [0.1, 0.15) is 12.4 Å². The largest absolute Gasteiger partial charge is 0.489 e. The Morgan fingerprint density at radius 2 is 1.58 bits per heavy atom. The van der Waals surface area contributed by atoms with Gasteiger partial charge in [-0.05, 0) is 36.4 Å². The summed E-state index contributed by atoms with van der Waals surface area (Å²) in [6, 6.07) is 12.5. The first-order valence-corrected chi connectivity index (χ1v) is 7.68. The third-order valence-corrected chi connectivity index (χ3v) is 3.35. The average molecular weight is 354 g/mol. The lowest BCUT2D eigenvalue weighted by Gasteiger charge is -2.11. The van der Waals surface area contributed by atoms with Crippen LogP contribution in [0.1, 0.15) is 31.1 Å². The molecule has 0 aliphatic rings. The number of para-hydroxylation sites is 1. The van der Waals surface area contributed by atoms with Crippen LogP contribution >= 0.6 is 0 Å². The molecule has 134 valence electrons. The van der Waals surface area contributed by atoms with Crippen LogP contribution in [0, 0.1) is 0 Å². The average Bonchev–Trinajstić information content (AvgIpc) is 2.69. The molecular weight excluding hydrogens is 336 g/mol. The Labute approximate surface area is 150 Å². The summed E-state index contributed by atoms with van der Waals surface area (Å²) < 4.78 is 10.00. The smallest absolute Gasteiger partial charge is 0.337 e. The number of nitrogens with one attached hydrogen (secondary N) is 2. The fourth-order valence-electron chi connectivity index (χ4n) is 2.06. The zero-order chi connectivity index (χ0) is 18.9. The van der Waals surface area contributed by atoms with Gasteiger partial charge in [0, 0.05) is 5.56 Å². The van der Waals surface area contributed by atoms with Crippen LogP contribution in [-0.2, 0) is 4.74 Å². The molecule has 26 heavy (non-hydrogen) atoms. The zero-order valence-electron chi connectivity index (χ0n) is 14.2. The molecule has 2 aromatic carbocycles. The molecule has 0 unspecified atom stereocenters. The number of carbonyl (C=O) groups excluding carboxylic acids is 3. The van der Waals surface area contributed by atoms with Crippen molar-refractivity contribution in [1.82, 2.24) is 10.9 Å². The van der Waals surface area contributed by atoms with Gasteiger partial charge in [-0.3, -0.25) is 20.4 Å². The normalized spacial score (nSPS) is 9.73. The molecule has 0 fully saturated rings. The Kier molecular flexibility index (Phi) is 6.50. The lowest BCUT2D eigenvalue weighted by atomic mass is 10.1. The van der Waals surface area contributed by atoms with Crippen LogP contribution in [0.25, 0.3) is 0 Å². The number of esters is 1. The van der Waals surface area contributed by atoms with Crippen LogP contribution in [0.5, 0.6) is 5.75 Å². The molecule has 2 aromatic rings. The molecule has 0 bridgehead atoms. The lowest BCUT2D eigenvalue weighted by Crippen LogP contribution is -2.41. The van der Waals surface area contributed by atoms with Crippen LogP contribution in [0.3, 0.4) is 0 Å². The highest BCUT2D eigenvalue weighted by molar-refractivity contribution is 6.00. The van der Waals surface area contributed by atoms with E-state index in [0.717, 1.165) is 0 Å². The van der Waals surface area contributed by atoms with Crippen molar-refractivity contribution in [2.24, 2.45) is 0 Å². The van der Waals surface area contributed by atoms with Crippen molar-refractivity contribution >= 4 is 17.8 Å². The molecule has 0 saturated heterocycles. The van der Waals surface area contributed by atoms with E-state index in [4.69, 9.17) is 4.74 Å². The number of rotatable bonds is 6. The maximum absolute atomic E-state index is 12.3. The number of hydrazine groups is 1. The number of methoxy groups -OCH3 is 1. The van der Waals surface area contributed by atoms with E-state index < -0.39 is 17.8 Å². The Morgan fingerprint density at radius 3 is 2.23 bits per heavy atom. The molecule has 0 atom stereocenters. The summed E-state index contributed by atoms with van der Waals surface area (Å²) in [7, 11) is 1.27. The summed E-state index contributed by atoms with van der Waals surface area (Å²) in [5.74, 6) is -1.17. The highest BCUT2D eigenvalue weighted by Gasteiger charge is 2.14. The fourth-order valence-corrected chi connectivity index (χ4v) is 2.06. The monoisotopic (exact) mass is 354 g/mol. The Morgan fingerprint density at radius 1 is 0.962 bits per heavy atom. The number of ether oxygens (including phenoxy) is 2. The molecule has 0 spiro atoms. The first-order chi connectivity index (χ1) is 12.6. The minimum absolute atomic E-state index is 0.253. The van der Waals surface area contributed by atoms with E-state index >= 15 is 0 Å². The predicted octanol–water partition coefficient (Wildman–Crippen LogP) is 2.11. The van der Waals surface area contributed by atoms with E-state index in [1.54, 1.807) is 30.3 Å². The van der Waals surface area contributed by atoms with Crippen molar-refractivity contribution < 1.29 is 23.9 Å². The second kappa shape index (κ2) is 9.03. The Hall–Kier alpha value is -3.61. The van der Waals surface area contributed by atoms with E-state index in [1.165, 1.54) is 31.4 Å². The summed E-state index contributed by atoms with van der Waals surface area (Å²) >= 11 is 0. The van der Waals surface area contributed by atoms with Crippen LogP contribution in [0.2, 0.25) is 0 Å². The molecule has 7 nitrogen and oxygen atoms in total. The quantitative estimate of drug-likeness (QED) is 0.471. The number of hydrogen-bond donors (Lipinski definition) is 2. The molecule has 2 amide bonds. The molecule has 0 heterocycles. The van der Waals surface area contributed by atoms with Crippen molar-refractivity contribution in [2.75, 3.05) is 13.7 Å². The lowest BCUT2D eigenvalue weighted by molar-refractivity contribution is 0.0600. The molecule has 2 rings (SSSR count). The topological polar surface area (TPSA) is 93.7 Å². The van der Waals surface area contributed by atoms with Gasteiger partial charge in [0.25, 0.3) is 11.8 Å². The predicted molar refractivity (Wildman–Crippen MR) is 94.8 cm³/mol. The fraction of sp³-hybridized carbons (Fsp3) is 0.105. The van der Waals surface area contributed by atoms with Crippen LogP contribution < -0.4 is 15.6 Å². The van der Waals surface area contributed by atoms with Gasteiger partial charge in [0.05, 0.1) is 18.2 Å². The third kappa shape index (κ3) is 4.70. The van der Waals surface area contributed by atoms with Gasteiger partial charge in [-0.2, -0.15) is 0 Å². The highest BCUT2D eigenvalue weighted by Crippen LogP contribution is 2.17. The molecule has 7 heteroatoms. The van der Waals surface area contributed by atoms with Gasteiger partial charge >= 0.3 is 5.97 Å². The molecular formula is C19H18N2O5. The maximum Gasteiger partial charge on any atom is 0.337 e. The van der Waals surface area contributed by atoms with Crippen LogP contribution in [-0.4, -0.2) is 31.5 Å². The van der Waals surface area contributed by atoms with Gasteiger partial charge in [0.15, 0.2) is 0 Å². The molecule has 0 saturated carbocycles. The van der Waals surface area contributed by atoms with E-state index in [9.17, 15) is 14.4 Å². The second-order valence-corrected chi connectivity index (χ2v) is 5.07. The minimum Gasteiger partial charge on any atom is -0.489 e. The van der Waals surface area contributed by atoms with Crippen molar-refractivity contribution in [3.05, 3.63) is 77.9 Å². The van der Waals surface area contributed by atoms with E-state index in [2.05, 4.69) is 22.2 Å². The third-order valence-electron chi connectivity index (χ3n) is 3.35. The van der Waals surface area contributed by atoms with E-state index in [-0.39, 0.29) is 17.7 Å². The van der Waals surface area contributed by atoms with Gasteiger partial charge in [-0.1, -0.05) is 24.8 Å². The second-order valence-electron chi connectivity index (χ2n) is 5.07. The number of carbonyl (C=O) groups is 3. The van der Waals surface area contributed by atoms with E-state index in [0.29, 0.717) is 11.3 Å². The van der Waals surface area contributed by atoms with Crippen molar-refractivity contribution in [1.29, 1.82) is 0 Å². The number of amides is 2. The first kappa shape index (κ1) is 18.7. The van der Waals surface area contributed by atoms with Gasteiger partial charge < -0.3 is 9.47 Å². The van der Waals surface area contributed by atoms with Crippen LogP contribution in [0.15, 0.2) is 61.2 Å². The maximum atomic E-state index is 12.3. The number of benzene rings is 2. The summed E-state index contributed by atoms with van der Waals surface area (Å²) in [4.78, 5) is 35.7. The van der Waals surface area contributed by atoms with Crippen LogP contribution in [0.4, 0.5) is 0 Å². The van der Waals surface area contributed by atoms with E-state index in [1.807, 2.05) is 0 Å². The van der Waals surface area contributed by atoms with Gasteiger partial charge in [0.2, 0.25) is 0 Å². The number of hydrogen-bond acceptors (Lipinski definition) is 5.